The van der Waals surface area contributed by atoms with Crippen LogP contribution in [0, 0.1) is 10.1 Å². The van der Waals surface area contributed by atoms with Crippen LogP contribution in [-0.4, -0.2) is 27.9 Å². The van der Waals surface area contributed by atoms with E-state index in [9.17, 15) is 14.9 Å². The van der Waals surface area contributed by atoms with E-state index in [2.05, 4.69) is 5.32 Å². The van der Waals surface area contributed by atoms with Crippen molar-refractivity contribution in [3.05, 3.63) is 74.4 Å². The Balaban J connectivity index is 1.72. The monoisotopic (exact) mass is 403 g/mol. The lowest BCUT2D eigenvalue weighted by molar-refractivity contribution is -0.384. The number of non-ortho nitro benzene ring substituents is 1. The van der Waals surface area contributed by atoms with Gasteiger partial charge in [-0.1, -0.05) is 29.8 Å². The Morgan fingerprint density at radius 1 is 1.33 bits per heavy atom. The van der Waals surface area contributed by atoms with E-state index in [-0.39, 0.29) is 18.2 Å². The van der Waals surface area contributed by atoms with Crippen LogP contribution in [0.15, 0.2) is 48.2 Å². The fourth-order valence-electron chi connectivity index (χ4n) is 2.43. The summed E-state index contributed by atoms with van der Waals surface area (Å²) in [6, 6.07) is 11.3. The topological polar surface area (TPSA) is 84.7 Å². The first kappa shape index (κ1) is 18.8. The predicted octanol–water partition coefficient (Wildman–Crippen LogP) is 3.51. The van der Waals surface area contributed by atoms with Crippen LogP contribution < -0.4 is 10.1 Å². The molecule has 0 atom stereocenters. The molecule has 2 aromatic carbocycles. The molecule has 1 fully saturated rings. The van der Waals surface area contributed by atoms with Gasteiger partial charge in [0.05, 0.1) is 9.95 Å². The molecule has 2 aromatic rings. The van der Waals surface area contributed by atoms with Gasteiger partial charge >= 0.3 is 0 Å². The molecule has 1 heterocycles. The van der Waals surface area contributed by atoms with Crippen molar-refractivity contribution in [2.24, 2.45) is 0 Å². The van der Waals surface area contributed by atoms with Crippen molar-refractivity contribution in [2.75, 3.05) is 7.05 Å². The molecule has 0 aliphatic carbocycles. The highest BCUT2D eigenvalue weighted by Gasteiger charge is 2.26. The van der Waals surface area contributed by atoms with Gasteiger partial charge < -0.3 is 10.1 Å². The number of ether oxygens (including phenoxy) is 1. The number of carbonyl (C=O) groups excluding carboxylic acids is 1. The van der Waals surface area contributed by atoms with Crippen molar-refractivity contribution in [3.8, 4) is 5.75 Å². The summed E-state index contributed by atoms with van der Waals surface area (Å²) in [6.07, 6.45) is 1.65. The largest absolute Gasteiger partial charge is 0.487 e. The van der Waals surface area contributed by atoms with Crippen molar-refractivity contribution < 1.29 is 14.5 Å². The summed E-state index contributed by atoms with van der Waals surface area (Å²) < 4.78 is 5.65. The highest BCUT2D eigenvalue weighted by atomic mass is 35.5. The lowest BCUT2D eigenvalue weighted by Crippen LogP contribution is -2.25. The Hall–Kier alpha value is -2.97. The van der Waals surface area contributed by atoms with Gasteiger partial charge in [0.1, 0.15) is 18.1 Å². The number of nitrogens with zero attached hydrogens (tertiary/aromatic N) is 2. The van der Waals surface area contributed by atoms with E-state index in [4.69, 9.17) is 28.6 Å². The van der Waals surface area contributed by atoms with E-state index in [0.29, 0.717) is 32.7 Å². The van der Waals surface area contributed by atoms with Gasteiger partial charge in [-0.3, -0.25) is 19.8 Å². The summed E-state index contributed by atoms with van der Waals surface area (Å²) >= 11 is 11.3. The molecule has 1 saturated heterocycles. The molecule has 0 unspecified atom stereocenters. The number of likely N-dealkylation sites (N-methyl/N-ethyl adjacent to an activating group) is 1. The van der Waals surface area contributed by atoms with Crippen LogP contribution in [0.1, 0.15) is 11.1 Å². The lowest BCUT2D eigenvalue weighted by Gasteiger charge is -2.09. The molecule has 1 N–H and O–H groups in total. The number of rotatable bonds is 5. The number of carbonyl (C=O) groups is 1. The average Bonchev–Trinajstić information content (AvgIpc) is 2.88. The molecule has 3 rings (SSSR count). The maximum Gasteiger partial charge on any atom is 0.276 e. The molecular formula is C18H14ClN3O4S. The first-order chi connectivity index (χ1) is 12.8. The van der Waals surface area contributed by atoms with E-state index in [0.717, 1.165) is 0 Å². The average molecular weight is 404 g/mol. The van der Waals surface area contributed by atoms with E-state index in [1.807, 2.05) is 0 Å². The number of nitrogens with one attached hydrogen (secondary N) is 1. The summed E-state index contributed by atoms with van der Waals surface area (Å²) in [6.45, 7) is 0.140. The minimum absolute atomic E-state index is 0.000725. The van der Waals surface area contributed by atoms with E-state index in [1.165, 1.54) is 17.0 Å². The van der Waals surface area contributed by atoms with Gasteiger partial charge in [0.25, 0.3) is 11.6 Å². The smallest absolute Gasteiger partial charge is 0.276 e. The fraction of sp³-hybridized carbons (Fsp3) is 0.111. The Bertz CT molecular complexity index is 977. The molecule has 0 radical (unpaired) electrons. The molecule has 1 amide bonds. The standard InChI is InChI=1S/C18H14ClN3O4S/c1-21-17(23)15(20-18(21)27)9-11-5-6-16(14(19)8-11)26-10-12-3-2-4-13(7-12)22(24)25/h2-9H,10H2,1H3,(H,20,27). The number of thiocarbonyl (C=S) groups is 1. The number of nitro groups is 1. The number of hydrogen-bond donors (Lipinski definition) is 1. The van der Waals surface area contributed by atoms with Crippen molar-refractivity contribution in [1.29, 1.82) is 0 Å². The van der Waals surface area contributed by atoms with E-state index >= 15 is 0 Å². The van der Waals surface area contributed by atoms with Gasteiger partial charge in [0.2, 0.25) is 0 Å². The Morgan fingerprint density at radius 2 is 2.11 bits per heavy atom. The minimum Gasteiger partial charge on any atom is -0.487 e. The molecule has 0 bridgehead atoms. The van der Waals surface area contributed by atoms with Gasteiger partial charge in [-0.15, -0.1) is 0 Å². The molecule has 1 aliphatic heterocycles. The van der Waals surface area contributed by atoms with Crippen LogP contribution in [0.5, 0.6) is 5.75 Å². The molecule has 138 valence electrons. The first-order valence-electron chi connectivity index (χ1n) is 7.81. The summed E-state index contributed by atoms with van der Waals surface area (Å²) in [5, 5.41) is 14.4. The molecule has 0 aromatic heterocycles. The van der Waals surface area contributed by atoms with E-state index in [1.54, 1.807) is 43.5 Å². The predicted molar refractivity (Wildman–Crippen MR) is 105 cm³/mol. The SMILES string of the molecule is CN1C(=O)C(=Cc2ccc(OCc3cccc([N+](=O)[O-])c3)c(Cl)c2)NC1=S. The Kier molecular flexibility index (Phi) is 5.38. The summed E-state index contributed by atoms with van der Waals surface area (Å²) in [5.74, 6) is 0.214. The third-order valence-electron chi connectivity index (χ3n) is 3.86. The van der Waals surface area contributed by atoms with Crippen LogP contribution >= 0.6 is 23.8 Å². The molecule has 1 aliphatic rings. The number of amides is 1. The zero-order valence-electron chi connectivity index (χ0n) is 14.1. The molecule has 9 heteroatoms. The number of halogens is 1. The maximum atomic E-state index is 12.0. The van der Waals surface area contributed by atoms with Gasteiger partial charge in [-0.25, -0.2) is 0 Å². The third-order valence-corrected chi connectivity index (χ3v) is 4.54. The zero-order chi connectivity index (χ0) is 19.6. The summed E-state index contributed by atoms with van der Waals surface area (Å²) in [7, 11) is 1.59. The summed E-state index contributed by atoms with van der Waals surface area (Å²) in [5.41, 5.74) is 1.73. The minimum atomic E-state index is -0.458. The van der Waals surface area contributed by atoms with Crippen LogP contribution in [0.2, 0.25) is 5.02 Å². The fourth-order valence-corrected chi connectivity index (χ4v) is 2.87. The van der Waals surface area contributed by atoms with Crippen molar-refractivity contribution in [3.63, 3.8) is 0 Å². The highest BCUT2D eigenvalue weighted by Crippen LogP contribution is 2.28. The molecule has 27 heavy (non-hydrogen) atoms. The van der Waals surface area contributed by atoms with Gasteiger partial charge in [0, 0.05) is 19.2 Å². The van der Waals surface area contributed by atoms with Crippen molar-refractivity contribution >= 4 is 46.6 Å². The Morgan fingerprint density at radius 3 is 2.74 bits per heavy atom. The van der Waals surface area contributed by atoms with Gasteiger partial charge in [-0.05, 0) is 41.6 Å². The van der Waals surface area contributed by atoms with Crippen LogP contribution in [0.25, 0.3) is 6.08 Å². The van der Waals surface area contributed by atoms with E-state index < -0.39 is 4.92 Å². The van der Waals surface area contributed by atoms with Crippen molar-refractivity contribution in [1.82, 2.24) is 10.2 Å². The molecular weight excluding hydrogens is 390 g/mol. The third kappa shape index (κ3) is 4.24. The highest BCUT2D eigenvalue weighted by molar-refractivity contribution is 7.80. The number of nitro benzene ring substituents is 1. The number of benzene rings is 2. The zero-order valence-corrected chi connectivity index (χ0v) is 15.7. The maximum absolute atomic E-state index is 12.0. The number of hydrogen-bond acceptors (Lipinski definition) is 5. The molecule has 7 nitrogen and oxygen atoms in total. The normalized spacial score (nSPS) is 15.2. The Labute approximate surface area is 165 Å². The van der Waals surface area contributed by atoms with Crippen molar-refractivity contribution in [2.45, 2.75) is 6.61 Å². The second-order valence-electron chi connectivity index (χ2n) is 5.76. The molecule has 0 saturated carbocycles. The van der Waals surface area contributed by atoms with Gasteiger partial charge in [-0.2, -0.15) is 0 Å². The molecule has 0 spiro atoms. The summed E-state index contributed by atoms with van der Waals surface area (Å²) in [4.78, 5) is 23.7. The van der Waals surface area contributed by atoms with Crippen LogP contribution in [0.4, 0.5) is 5.69 Å². The second kappa shape index (κ2) is 7.73. The van der Waals surface area contributed by atoms with Gasteiger partial charge in [0.15, 0.2) is 5.11 Å². The van der Waals surface area contributed by atoms with Crippen LogP contribution in [-0.2, 0) is 11.4 Å². The quantitative estimate of drug-likeness (QED) is 0.356. The first-order valence-corrected chi connectivity index (χ1v) is 8.60. The lowest BCUT2D eigenvalue weighted by atomic mass is 10.1. The van der Waals surface area contributed by atoms with Crippen LogP contribution in [0.3, 0.4) is 0 Å². The second-order valence-corrected chi connectivity index (χ2v) is 6.55.